The maximum absolute atomic E-state index is 13.2. The third-order valence-electron chi connectivity index (χ3n) is 3.92. The minimum absolute atomic E-state index is 0.0741. The molecule has 2 aromatic carbocycles. The van der Waals surface area contributed by atoms with E-state index >= 15 is 0 Å². The summed E-state index contributed by atoms with van der Waals surface area (Å²) in [6.07, 6.45) is -4.65. The van der Waals surface area contributed by atoms with Crippen molar-refractivity contribution in [2.45, 2.75) is 30.4 Å². The molecule has 1 aromatic heterocycles. The summed E-state index contributed by atoms with van der Waals surface area (Å²) in [4.78, 5) is 12.5. The smallest absolute Gasteiger partial charge is 0.325 e. The molecule has 11 heteroatoms. The van der Waals surface area contributed by atoms with E-state index in [4.69, 9.17) is 11.6 Å². The van der Waals surface area contributed by atoms with Crippen LogP contribution >= 0.6 is 23.4 Å². The van der Waals surface area contributed by atoms with E-state index in [0.717, 1.165) is 29.5 Å². The van der Waals surface area contributed by atoms with Gasteiger partial charge in [0, 0.05) is 5.02 Å². The van der Waals surface area contributed by atoms with E-state index < -0.39 is 22.9 Å². The number of amides is 1. The highest BCUT2D eigenvalue weighted by Crippen LogP contribution is 2.37. The minimum atomic E-state index is -4.65. The monoisotopic (exact) mass is 441 g/mol. The number of aromatic nitrogens is 4. The van der Waals surface area contributed by atoms with Crippen molar-refractivity contribution in [3.05, 3.63) is 58.6 Å². The van der Waals surface area contributed by atoms with Crippen molar-refractivity contribution in [3.8, 4) is 5.69 Å². The lowest BCUT2D eigenvalue weighted by molar-refractivity contribution is -0.137. The molecule has 1 atom stereocenters. The molecule has 0 aliphatic carbocycles. The molecule has 6 nitrogen and oxygen atoms in total. The van der Waals surface area contributed by atoms with Gasteiger partial charge in [-0.3, -0.25) is 4.79 Å². The van der Waals surface area contributed by atoms with E-state index in [-0.39, 0.29) is 10.7 Å². The zero-order chi connectivity index (χ0) is 21.2. The van der Waals surface area contributed by atoms with Gasteiger partial charge in [0.05, 0.1) is 22.2 Å². The Morgan fingerprint density at radius 3 is 2.55 bits per heavy atom. The minimum Gasteiger partial charge on any atom is -0.325 e. The summed E-state index contributed by atoms with van der Waals surface area (Å²) in [6.45, 7) is 3.49. The fourth-order valence-electron chi connectivity index (χ4n) is 2.41. The lowest BCUT2D eigenvalue weighted by Crippen LogP contribution is -2.24. The number of aryl methyl sites for hydroxylation is 1. The lowest BCUT2D eigenvalue weighted by atomic mass is 10.1. The topological polar surface area (TPSA) is 72.7 Å². The number of carbonyl (C=O) groups excluding carboxylic acids is 1. The van der Waals surface area contributed by atoms with Crippen LogP contribution in [0.2, 0.25) is 5.02 Å². The number of hydrogen-bond donors (Lipinski definition) is 1. The standard InChI is InChI=1S/C18H15ClF3N5OS/c1-10-3-6-13(7-4-10)27-17(24-25-26-27)29-11(2)16(28)23-15-8-5-12(19)9-14(15)18(20,21)22/h3-9,11H,1-2H3,(H,23,28). The molecule has 3 aromatic rings. The molecule has 0 fully saturated rings. The van der Waals surface area contributed by atoms with Gasteiger partial charge < -0.3 is 5.32 Å². The van der Waals surface area contributed by atoms with E-state index in [1.807, 2.05) is 31.2 Å². The third-order valence-corrected chi connectivity index (χ3v) is 5.18. The van der Waals surface area contributed by atoms with Gasteiger partial charge in [0.25, 0.3) is 0 Å². The summed E-state index contributed by atoms with van der Waals surface area (Å²) in [6, 6.07) is 10.6. The van der Waals surface area contributed by atoms with Crippen LogP contribution in [0.3, 0.4) is 0 Å². The first kappa shape index (κ1) is 21.1. The predicted molar refractivity (Wildman–Crippen MR) is 104 cm³/mol. The van der Waals surface area contributed by atoms with Crippen LogP contribution in [0.4, 0.5) is 18.9 Å². The summed E-state index contributed by atoms with van der Waals surface area (Å²) in [5.74, 6) is -0.624. The normalized spacial score (nSPS) is 12.6. The van der Waals surface area contributed by atoms with Crippen LogP contribution in [-0.2, 0) is 11.0 Å². The van der Waals surface area contributed by atoms with Gasteiger partial charge in [-0.05, 0) is 54.6 Å². The van der Waals surface area contributed by atoms with Gasteiger partial charge in [0.1, 0.15) is 0 Å². The van der Waals surface area contributed by atoms with E-state index in [0.29, 0.717) is 10.8 Å². The molecule has 1 heterocycles. The molecule has 0 aliphatic rings. The number of rotatable bonds is 5. The van der Waals surface area contributed by atoms with Crippen molar-refractivity contribution in [1.29, 1.82) is 0 Å². The van der Waals surface area contributed by atoms with E-state index in [2.05, 4.69) is 20.8 Å². The number of alkyl halides is 3. The lowest BCUT2D eigenvalue weighted by Gasteiger charge is -2.16. The van der Waals surface area contributed by atoms with Gasteiger partial charge in [-0.2, -0.15) is 17.9 Å². The Bertz CT molecular complexity index is 1020. The molecular formula is C18H15ClF3N5OS. The van der Waals surface area contributed by atoms with Crippen LogP contribution in [0.25, 0.3) is 5.69 Å². The zero-order valence-corrected chi connectivity index (χ0v) is 16.8. The molecule has 0 bridgehead atoms. The Hall–Kier alpha value is -2.59. The van der Waals surface area contributed by atoms with Crippen molar-refractivity contribution >= 4 is 35.0 Å². The Morgan fingerprint density at radius 1 is 1.21 bits per heavy atom. The van der Waals surface area contributed by atoms with Crippen LogP contribution in [-0.4, -0.2) is 31.4 Å². The van der Waals surface area contributed by atoms with E-state index in [1.54, 1.807) is 6.92 Å². The number of halogens is 4. The molecule has 152 valence electrons. The quantitative estimate of drug-likeness (QED) is 0.578. The molecule has 0 saturated carbocycles. The van der Waals surface area contributed by atoms with Crippen molar-refractivity contribution < 1.29 is 18.0 Å². The van der Waals surface area contributed by atoms with Crippen LogP contribution < -0.4 is 5.32 Å². The van der Waals surface area contributed by atoms with Gasteiger partial charge in [-0.25, -0.2) is 0 Å². The molecule has 1 amide bonds. The van der Waals surface area contributed by atoms with Gasteiger partial charge in [0.15, 0.2) is 0 Å². The largest absolute Gasteiger partial charge is 0.418 e. The molecule has 0 radical (unpaired) electrons. The number of hydrogen-bond acceptors (Lipinski definition) is 5. The first-order valence-corrected chi connectivity index (χ1v) is 9.60. The summed E-state index contributed by atoms with van der Waals surface area (Å²) in [5.41, 5.74) is 0.387. The highest BCUT2D eigenvalue weighted by molar-refractivity contribution is 8.00. The Balaban J connectivity index is 1.76. The van der Waals surface area contributed by atoms with E-state index in [1.165, 1.54) is 10.7 Å². The molecular weight excluding hydrogens is 427 g/mol. The first-order chi connectivity index (χ1) is 13.6. The fraction of sp³-hybridized carbons (Fsp3) is 0.222. The van der Waals surface area contributed by atoms with Crippen LogP contribution in [0, 0.1) is 6.92 Å². The first-order valence-electron chi connectivity index (χ1n) is 8.35. The van der Waals surface area contributed by atoms with Crippen molar-refractivity contribution in [1.82, 2.24) is 20.2 Å². The van der Waals surface area contributed by atoms with Crippen molar-refractivity contribution in [3.63, 3.8) is 0 Å². The summed E-state index contributed by atoms with van der Waals surface area (Å²) in [5, 5.41) is 13.2. The molecule has 3 rings (SSSR count). The number of benzene rings is 2. The number of nitrogens with zero attached hydrogens (tertiary/aromatic N) is 4. The SMILES string of the molecule is Cc1ccc(-n2nnnc2SC(C)C(=O)Nc2ccc(Cl)cc2C(F)(F)F)cc1. The number of anilines is 1. The average Bonchev–Trinajstić information content (AvgIpc) is 3.11. The zero-order valence-electron chi connectivity index (χ0n) is 15.2. The molecule has 0 saturated heterocycles. The molecule has 1 unspecified atom stereocenters. The predicted octanol–water partition coefficient (Wildman–Crippen LogP) is 4.76. The Morgan fingerprint density at radius 2 is 1.90 bits per heavy atom. The third kappa shape index (κ3) is 5.07. The number of tetrazole rings is 1. The fourth-order valence-corrected chi connectivity index (χ4v) is 3.39. The number of thioether (sulfide) groups is 1. The number of nitrogens with one attached hydrogen (secondary N) is 1. The van der Waals surface area contributed by atoms with Crippen molar-refractivity contribution in [2.75, 3.05) is 5.32 Å². The summed E-state index contributed by atoms with van der Waals surface area (Å²) in [7, 11) is 0. The maximum Gasteiger partial charge on any atom is 0.418 e. The van der Waals surface area contributed by atoms with Gasteiger partial charge in [-0.1, -0.05) is 41.1 Å². The van der Waals surface area contributed by atoms with Crippen molar-refractivity contribution in [2.24, 2.45) is 0 Å². The summed E-state index contributed by atoms with van der Waals surface area (Å²) < 4.78 is 41.1. The van der Waals surface area contributed by atoms with Crippen LogP contribution in [0.1, 0.15) is 18.1 Å². The van der Waals surface area contributed by atoms with Crippen LogP contribution in [0.15, 0.2) is 47.6 Å². The van der Waals surface area contributed by atoms with Gasteiger partial charge >= 0.3 is 6.18 Å². The highest BCUT2D eigenvalue weighted by Gasteiger charge is 2.34. The molecule has 29 heavy (non-hydrogen) atoms. The van der Waals surface area contributed by atoms with Gasteiger partial charge in [-0.15, -0.1) is 5.10 Å². The maximum atomic E-state index is 13.2. The molecule has 0 spiro atoms. The Labute approximate surface area is 173 Å². The second-order valence-electron chi connectivity index (χ2n) is 6.15. The van der Waals surface area contributed by atoms with Crippen LogP contribution in [0.5, 0.6) is 0 Å². The average molecular weight is 442 g/mol. The molecule has 1 N–H and O–H groups in total. The second kappa shape index (κ2) is 8.42. The highest BCUT2D eigenvalue weighted by atomic mass is 35.5. The van der Waals surface area contributed by atoms with E-state index in [9.17, 15) is 18.0 Å². The van der Waals surface area contributed by atoms with Gasteiger partial charge in [0.2, 0.25) is 11.1 Å². The molecule has 0 aliphatic heterocycles. The summed E-state index contributed by atoms with van der Waals surface area (Å²) >= 11 is 6.69. The number of carbonyl (C=O) groups is 1. The Kier molecular flexibility index (Phi) is 6.13. The second-order valence-corrected chi connectivity index (χ2v) is 7.89.